The monoisotopic (exact) mass is 414 g/mol. The third-order valence-corrected chi connectivity index (χ3v) is 4.66. The number of ether oxygens (including phenoxy) is 2. The van der Waals surface area contributed by atoms with E-state index in [1.54, 1.807) is 36.4 Å². The number of nitrogens with one attached hydrogen (secondary N) is 1. The van der Waals surface area contributed by atoms with Crippen molar-refractivity contribution < 1.29 is 19.1 Å². The molecule has 0 atom stereocenters. The predicted octanol–water partition coefficient (Wildman–Crippen LogP) is 3.65. The molecule has 152 valence electrons. The van der Waals surface area contributed by atoms with Gasteiger partial charge in [-0.2, -0.15) is 0 Å². The fraction of sp³-hybridized carbons (Fsp3) is 0.273. The molecule has 2 amide bonds. The molecule has 2 aromatic carbocycles. The summed E-state index contributed by atoms with van der Waals surface area (Å²) < 4.78 is 11.1. The van der Waals surface area contributed by atoms with Crippen LogP contribution in [0.4, 0.5) is 5.69 Å². The molecule has 29 heavy (non-hydrogen) atoms. The molecule has 0 saturated carbocycles. The molecule has 6 nitrogen and oxygen atoms in total. The Hall–Kier alpha value is -2.83. The molecule has 2 aromatic rings. The number of benzene rings is 2. The molecule has 7 heteroatoms. The van der Waals surface area contributed by atoms with Crippen LogP contribution in [0.3, 0.4) is 0 Å². The first kappa shape index (κ1) is 20.9. The summed E-state index contributed by atoms with van der Waals surface area (Å²) in [5, 5.41) is 3.33. The Labute approximate surface area is 175 Å². The molecule has 0 fully saturated rings. The van der Waals surface area contributed by atoms with Crippen LogP contribution < -0.4 is 15.0 Å². The van der Waals surface area contributed by atoms with Gasteiger partial charge >= 0.3 is 0 Å². The van der Waals surface area contributed by atoms with E-state index in [1.807, 2.05) is 25.1 Å². The van der Waals surface area contributed by atoms with Crippen molar-refractivity contribution in [3.63, 3.8) is 0 Å². The van der Waals surface area contributed by atoms with Gasteiger partial charge in [0.2, 0.25) is 5.91 Å². The molecule has 0 spiro atoms. The second-order valence-electron chi connectivity index (χ2n) is 6.39. The standard InChI is InChI=1S/C22H23ClN2O4/c1-2-28-13-7-12-24-21(26)15-25-18-10-5-6-11-19(18)29-20(22(25)27)14-16-8-3-4-9-17(16)23/h3-6,8-11,14H,2,7,12-13,15H2,1H3,(H,24,26). The van der Waals surface area contributed by atoms with E-state index in [-0.39, 0.29) is 18.2 Å². The number of rotatable bonds is 8. The normalized spacial score (nSPS) is 14.5. The fourth-order valence-corrected chi connectivity index (χ4v) is 3.09. The summed E-state index contributed by atoms with van der Waals surface area (Å²) in [4.78, 5) is 26.9. The van der Waals surface area contributed by atoms with E-state index in [2.05, 4.69) is 5.32 Å². The summed E-state index contributed by atoms with van der Waals surface area (Å²) >= 11 is 6.21. The lowest BCUT2D eigenvalue weighted by Crippen LogP contribution is -2.44. The third-order valence-electron chi connectivity index (χ3n) is 4.32. The van der Waals surface area contributed by atoms with Crippen LogP contribution in [0.1, 0.15) is 18.9 Å². The van der Waals surface area contributed by atoms with Crippen LogP contribution >= 0.6 is 11.6 Å². The SMILES string of the molecule is CCOCCCNC(=O)CN1C(=O)C(=Cc2ccccc2Cl)Oc2ccccc21. The molecular weight excluding hydrogens is 392 g/mol. The largest absolute Gasteiger partial charge is 0.449 e. The molecule has 0 saturated heterocycles. The smallest absolute Gasteiger partial charge is 0.294 e. The first-order chi connectivity index (χ1) is 14.1. The molecular formula is C22H23ClN2O4. The van der Waals surface area contributed by atoms with Gasteiger partial charge < -0.3 is 14.8 Å². The van der Waals surface area contributed by atoms with Gasteiger partial charge in [-0.1, -0.05) is 41.9 Å². The lowest BCUT2D eigenvalue weighted by atomic mass is 10.1. The van der Waals surface area contributed by atoms with Gasteiger partial charge in [0, 0.05) is 24.8 Å². The first-order valence-electron chi connectivity index (χ1n) is 9.49. The van der Waals surface area contributed by atoms with Gasteiger partial charge in [-0.05, 0) is 43.2 Å². The second kappa shape index (κ2) is 10.1. The van der Waals surface area contributed by atoms with Crippen molar-refractivity contribution in [2.45, 2.75) is 13.3 Å². The van der Waals surface area contributed by atoms with Gasteiger partial charge in [-0.25, -0.2) is 0 Å². The molecule has 0 unspecified atom stereocenters. The van der Waals surface area contributed by atoms with E-state index < -0.39 is 5.91 Å². The third kappa shape index (κ3) is 5.37. The van der Waals surface area contributed by atoms with E-state index in [9.17, 15) is 9.59 Å². The summed E-state index contributed by atoms with van der Waals surface area (Å²) in [7, 11) is 0. The molecule has 0 bridgehead atoms. The summed E-state index contributed by atoms with van der Waals surface area (Å²) in [6.07, 6.45) is 2.30. The summed E-state index contributed by atoms with van der Waals surface area (Å²) in [6.45, 7) is 3.54. The maximum Gasteiger partial charge on any atom is 0.294 e. The minimum atomic E-state index is -0.395. The highest BCUT2D eigenvalue weighted by molar-refractivity contribution is 6.32. The lowest BCUT2D eigenvalue weighted by molar-refractivity contribution is -0.123. The van der Waals surface area contributed by atoms with Crippen molar-refractivity contribution in [3.05, 3.63) is 64.9 Å². The van der Waals surface area contributed by atoms with Gasteiger partial charge in [-0.15, -0.1) is 0 Å². The van der Waals surface area contributed by atoms with E-state index in [1.165, 1.54) is 4.90 Å². The number of hydrogen-bond acceptors (Lipinski definition) is 4. The Bertz CT molecular complexity index is 913. The van der Waals surface area contributed by atoms with Crippen molar-refractivity contribution in [1.29, 1.82) is 0 Å². The number of carbonyl (C=O) groups excluding carboxylic acids is 2. The van der Waals surface area contributed by atoms with Crippen LogP contribution in [-0.2, 0) is 14.3 Å². The van der Waals surface area contributed by atoms with Crippen molar-refractivity contribution in [3.8, 4) is 5.75 Å². The molecule has 0 aromatic heterocycles. The van der Waals surface area contributed by atoms with Crippen LogP contribution in [0.25, 0.3) is 6.08 Å². The number of fused-ring (bicyclic) bond motifs is 1. The zero-order valence-electron chi connectivity index (χ0n) is 16.2. The number of anilines is 1. The van der Waals surface area contributed by atoms with Crippen molar-refractivity contribution in [1.82, 2.24) is 5.32 Å². The molecule has 3 rings (SSSR count). The Kier molecular flexibility index (Phi) is 7.27. The Morgan fingerprint density at radius 3 is 2.76 bits per heavy atom. The minimum absolute atomic E-state index is 0.103. The summed E-state index contributed by atoms with van der Waals surface area (Å²) in [6, 6.07) is 14.3. The zero-order chi connectivity index (χ0) is 20.6. The van der Waals surface area contributed by atoms with Gasteiger partial charge in [0.05, 0.1) is 5.69 Å². The highest BCUT2D eigenvalue weighted by atomic mass is 35.5. The quantitative estimate of drug-likeness (QED) is 0.529. The second-order valence-corrected chi connectivity index (χ2v) is 6.80. The zero-order valence-corrected chi connectivity index (χ0v) is 16.9. The highest BCUT2D eigenvalue weighted by Gasteiger charge is 2.31. The number of carbonyl (C=O) groups is 2. The molecule has 1 aliphatic heterocycles. The van der Waals surface area contributed by atoms with E-state index >= 15 is 0 Å². The predicted molar refractivity (Wildman–Crippen MR) is 113 cm³/mol. The number of halogens is 1. The van der Waals surface area contributed by atoms with Crippen LogP contribution in [-0.4, -0.2) is 38.1 Å². The van der Waals surface area contributed by atoms with Gasteiger partial charge in [0.1, 0.15) is 6.54 Å². The number of para-hydroxylation sites is 2. The lowest BCUT2D eigenvalue weighted by Gasteiger charge is -2.30. The van der Waals surface area contributed by atoms with E-state index in [4.69, 9.17) is 21.1 Å². The van der Waals surface area contributed by atoms with Crippen LogP contribution in [0.2, 0.25) is 5.02 Å². The van der Waals surface area contributed by atoms with Crippen molar-refractivity contribution in [2.75, 3.05) is 31.2 Å². The minimum Gasteiger partial charge on any atom is -0.449 e. The first-order valence-corrected chi connectivity index (χ1v) is 9.87. The molecule has 1 N–H and O–H groups in total. The van der Waals surface area contributed by atoms with Crippen LogP contribution in [0.15, 0.2) is 54.3 Å². The van der Waals surface area contributed by atoms with Crippen LogP contribution in [0, 0.1) is 0 Å². The Morgan fingerprint density at radius 1 is 1.21 bits per heavy atom. The summed E-state index contributed by atoms with van der Waals surface area (Å²) in [5.74, 6) is -0.0211. The van der Waals surface area contributed by atoms with E-state index in [0.717, 1.165) is 0 Å². The average Bonchev–Trinajstić information content (AvgIpc) is 2.72. The molecule has 0 radical (unpaired) electrons. The van der Waals surface area contributed by atoms with Gasteiger partial charge in [-0.3, -0.25) is 14.5 Å². The number of amides is 2. The van der Waals surface area contributed by atoms with Crippen molar-refractivity contribution >= 4 is 35.2 Å². The average molecular weight is 415 g/mol. The maximum absolute atomic E-state index is 13.0. The summed E-state index contributed by atoms with van der Waals surface area (Å²) in [5.41, 5.74) is 1.22. The van der Waals surface area contributed by atoms with Crippen molar-refractivity contribution in [2.24, 2.45) is 0 Å². The molecule has 1 heterocycles. The molecule has 1 aliphatic rings. The number of nitrogens with zero attached hydrogens (tertiary/aromatic N) is 1. The number of hydrogen-bond donors (Lipinski definition) is 1. The van der Waals surface area contributed by atoms with Gasteiger partial charge in [0.15, 0.2) is 11.5 Å². The fourth-order valence-electron chi connectivity index (χ4n) is 2.90. The maximum atomic E-state index is 13.0. The van der Waals surface area contributed by atoms with Crippen LogP contribution in [0.5, 0.6) is 5.75 Å². The topological polar surface area (TPSA) is 67.9 Å². The van der Waals surface area contributed by atoms with E-state index in [0.29, 0.717) is 48.2 Å². The Morgan fingerprint density at radius 2 is 1.97 bits per heavy atom. The Balaban J connectivity index is 1.77. The highest BCUT2D eigenvalue weighted by Crippen LogP contribution is 2.35. The molecule has 0 aliphatic carbocycles. The van der Waals surface area contributed by atoms with Gasteiger partial charge in [0.25, 0.3) is 5.91 Å².